The Morgan fingerprint density at radius 1 is 1.63 bits per heavy atom. The summed E-state index contributed by atoms with van der Waals surface area (Å²) < 4.78 is 7.61. The Labute approximate surface area is 110 Å². The van der Waals surface area contributed by atoms with Crippen molar-refractivity contribution in [1.29, 1.82) is 5.26 Å². The van der Waals surface area contributed by atoms with Crippen LogP contribution in [0.2, 0.25) is 0 Å². The topological polar surface area (TPSA) is 89.2 Å². The van der Waals surface area contributed by atoms with Crippen molar-refractivity contribution in [2.75, 3.05) is 5.73 Å². The normalized spacial score (nSPS) is 26.6. The minimum Gasteiger partial charge on any atom is -0.382 e. The molecular formula is C13H15N5O. The van der Waals surface area contributed by atoms with Gasteiger partial charge in [-0.1, -0.05) is 6.92 Å². The lowest BCUT2D eigenvalue weighted by Gasteiger charge is -2.21. The molecule has 98 valence electrons. The largest absolute Gasteiger partial charge is 0.382 e. The smallest absolute Gasteiger partial charge is 0.196 e. The van der Waals surface area contributed by atoms with Crippen molar-refractivity contribution in [3.05, 3.63) is 24.2 Å². The van der Waals surface area contributed by atoms with Crippen LogP contribution >= 0.6 is 0 Å². The number of rotatable bonds is 2. The third-order valence-electron chi connectivity index (χ3n) is 3.72. The van der Waals surface area contributed by atoms with Gasteiger partial charge in [-0.3, -0.25) is 0 Å². The molecule has 1 fully saturated rings. The molecule has 1 saturated heterocycles. The highest BCUT2D eigenvalue weighted by molar-refractivity contribution is 5.65. The molecule has 2 aromatic heterocycles. The van der Waals surface area contributed by atoms with Gasteiger partial charge in [0.15, 0.2) is 11.4 Å². The van der Waals surface area contributed by atoms with Crippen molar-refractivity contribution < 1.29 is 4.74 Å². The maximum Gasteiger partial charge on any atom is 0.196 e. The average molecular weight is 257 g/mol. The van der Waals surface area contributed by atoms with E-state index in [1.165, 1.54) is 6.33 Å². The van der Waals surface area contributed by atoms with Crippen LogP contribution in [-0.4, -0.2) is 20.7 Å². The van der Waals surface area contributed by atoms with E-state index in [2.05, 4.69) is 23.1 Å². The second-order valence-electron chi connectivity index (χ2n) is 4.79. The van der Waals surface area contributed by atoms with Gasteiger partial charge in [-0.15, -0.1) is 0 Å². The van der Waals surface area contributed by atoms with Crippen LogP contribution in [0.15, 0.2) is 18.5 Å². The van der Waals surface area contributed by atoms with Gasteiger partial charge in [0.05, 0.1) is 11.8 Å². The Balaban J connectivity index is 2.14. The minimum absolute atomic E-state index is 0.129. The molecule has 1 aliphatic rings. The molecule has 6 nitrogen and oxygen atoms in total. The zero-order valence-electron chi connectivity index (χ0n) is 10.7. The molecule has 2 atom stereocenters. The summed E-state index contributed by atoms with van der Waals surface area (Å²) >= 11 is 0. The summed E-state index contributed by atoms with van der Waals surface area (Å²) in [4.78, 5) is 3.95. The minimum atomic E-state index is -0.923. The second-order valence-corrected chi connectivity index (χ2v) is 4.79. The molecule has 6 heteroatoms. The highest BCUT2D eigenvalue weighted by atomic mass is 16.5. The summed E-state index contributed by atoms with van der Waals surface area (Å²) in [6.45, 7) is 2.06. The van der Waals surface area contributed by atoms with E-state index in [0.29, 0.717) is 17.8 Å². The van der Waals surface area contributed by atoms with Crippen molar-refractivity contribution in [3.63, 3.8) is 0 Å². The molecule has 0 aliphatic carbocycles. The fourth-order valence-corrected chi connectivity index (χ4v) is 2.64. The van der Waals surface area contributed by atoms with Gasteiger partial charge in [0.1, 0.15) is 17.9 Å². The first-order valence-corrected chi connectivity index (χ1v) is 6.38. The molecule has 0 unspecified atom stereocenters. The fraction of sp³-hybridized carbons (Fsp3) is 0.462. The van der Waals surface area contributed by atoms with E-state index in [4.69, 9.17) is 10.5 Å². The number of nitrogens with two attached hydrogens (primary N) is 1. The van der Waals surface area contributed by atoms with Crippen LogP contribution in [0.1, 0.15) is 31.9 Å². The first-order chi connectivity index (χ1) is 9.20. The summed E-state index contributed by atoms with van der Waals surface area (Å²) in [5, 5.41) is 13.8. The molecule has 1 aliphatic heterocycles. The van der Waals surface area contributed by atoms with E-state index in [1.54, 1.807) is 4.52 Å². The highest BCUT2D eigenvalue weighted by Crippen LogP contribution is 2.40. The van der Waals surface area contributed by atoms with Crippen LogP contribution in [0.3, 0.4) is 0 Å². The lowest BCUT2D eigenvalue weighted by molar-refractivity contribution is -0.0105. The van der Waals surface area contributed by atoms with E-state index in [9.17, 15) is 5.26 Å². The molecule has 0 spiro atoms. The number of nitrogens with zero attached hydrogens (tertiary/aromatic N) is 4. The van der Waals surface area contributed by atoms with Gasteiger partial charge in [0.2, 0.25) is 0 Å². The Kier molecular flexibility index (Phi) is 2.64. The Morgan fingerprint density at radius 2 is 2.47 bits per heavy atom. The summed E-state index contributed by atoms with van der Waals surface area (Å²) in [5.74, 6) is 0.402. The van der Waals surface area contributed by atoms with E-state index in [-0.39, 0.29) is 6.10 Å². The summed E-state index contributed by atoms with van der Waals surface area (Å²) in [5.41, 5.74) is 6.32. The van der Waals surface area contributed by atoms with E-state index in [0.717, 1.165) is 18.5 Å². The molecule has 3 rings (SSSR count). The summed E-state index contributed by atoms with van der Waals surface area (Å²) in [6.07, 6.45) is 3.99. The van der Waals surface area contributed by atoms with Crippen molar-refractivity contribution in [2.24, 2.45) is 0 Å². The third kappa shape index (κ3) is 1.66. The number of nitrogen functional groups attached to an aromatic ring is 1. The van der Waals surface area contributed by atoms with E-state index < -0.39 is 5.60 Å². The number of fused-ring (bicyclic) bond motifs is 1. The summed E-state index contributed by atoms with van der Waals surface area (Å²) in [7, 11) is 0. The molecule has 0 saturated carbocycles. The molecule has 0 aromatic carbocycles. The number of anilines is 1. The van der Waals surface area contributed by atoms with Crippen LogP contribution in [-0.2, 0) is 10.3 Å². The van der Waals surface area contributed by atoms with Gasteiger partial charge in [-0.05, 0) is 31.4 Å². The van der Waals surface area contributed by atoms with Gasteiger partial charge in [-0.25, -0.2) is 9.50 Å². The highest BCUT2D eigenvalue weighted by Gasteiger charge is 2.43. The van der Waals surface area contributed by atoms with Crippen LogP contribution in [0.4, 0.5) is 5.82 Å². The lowest BCUT2D eigenvalue weighted by Crippen LogP contribution is -2.26. The number of hydrogen-bond donors (Lipinski definition) is 1. The van der Waals surface area contributed by atoms with Crippen molar-refractivity contribution >= 4 is 11.3 Å². The zero-order valence-corrected chi connectivity index (χ0v) is 10.7. The SMILES string of the molecule is CC[C@@H]1CC[C@](C#N)(c2ccc3c(N)ncnn23)O1. The standard InChI is InChI=1S/C13H15N5O/c1-2-9-5-6-13(7-14,19-9)11-4-3-10-12(15)16-8-17-18(10)11/h3-4,8-9H,2,5-6H2,1H3,(H2,15,16,17)/t9-,13+/m1/s1. The maximum absolute atomic E-state index is 9.57. The number of hydrogen-bond acceptors (Lipinski definition) is 5. The first kappa shape index (κ1) is 11.9. The average Bonchev–Trinajstić information content (AvgIpc) is 3.03. The van der Waals surface area contributed by atoms with E-state index in [1.807, 2.05) is 12.1 Å². The zero-order chi connectivity index (χ0) is 13.5. The lowest BCUT2D eigenvalue weighted by atomic mass is 9.97. The predicted molar refractivity (Wildman–Crippen MR) is 69.1 cm³/mol. The van der Waals surface area contributed by atoms with Crippen LogP contribution in [0.5, 0.6) is 0 Å². The maximum atomic E-state index is 9.57. The Hall–Kier alpha value is -2.13. The molecule has 2 N–H and O–H groups in total. The fourth-order valence-electron chi connectivity index (χ4n) is 2.64. The Morgan fingerprint density at radius 3 is 3.16 bits per heavy atom. The molecule has 3 heterocycles. The summed E-state index contributed by atoms with van der Waals surface area (Å²) in [6, 6.07) is 5.99. The quantitative estimate of drug-likeness (QED) is 0.883. The van der Waals surface area contributed by atoms with Crippen LogP contribution in [0, 0.1) is 11.3 Å². The monoisotopic (exact) mass is 257 g/mol. The van der Waals surface area contributed by atoms with Crippen molar-refractivity contribution in [2.45, 2.75) is 37.9 Å². The molecule has 2 aromatic rings. The number of ether oxygens (including phenoxy) is 1. The van der Waals surface area contributed by atoms with E-state index >= 15 is 0 Å². The van der Waals surface area contributed by atoms with Crippen molar-refractivity contribution in [3.8, 4) is 6.07 Å². The molecule has 0 amide bonds. The number of aromatic nitrogens is 3. The molecular weight excluding hydrogens is 242 g/mol. The number of nitriles is 1. The van der Waals surface area contributed by atoms with Gasteiger partial charge in [0.25, 0.3) is 0 Å². The molecule has 0 bridgehead atoms. The van der Waals surface area contributed by atoms with Gasteiger partial charge in [-0.2, -0.15) is 10.4 Å². The first-order valence-electron chi connectivity index (χ1n) is 6.38. The van der Waals surface area contributed by atoms with Crippen LogP contribution < -0.4 is 5.73 Å². The van der Waals surface area contributed by atoms with Crippen molar-refractivity contribution in [1.82, 2.24) is 14.6 Å². The third-order valence-corrected chi connectivity index (χ3v) is 3.72. The van der Waals surface area contributed by atoms with Gasteiger partial charge >= 0.3 is 0 Å². The molecule has 0 radical (unpaired) electrons. The Bertz CT molecular complexity index is 659. The second kappa shape index (κ2) is 4.21. The van der Waals surface area contributed by atoms with Gasteiger partial charge < -0.3 is 10.5 Å². The predicted octanol–water partition coefficient (Wildman–Crippen LogP) is 1.62. The van der Waals surface area contributed by atoms with Crippen LogP contribution in [0.25, 0.3) is 5.52 Å². The van der Waals surface area contributed by atoms with Gasteiger partial charge in [0, 0.05) is 0 Å². The molecule has 19 heavy (non-hydrogen) atoms.